The van der Waals surface area contributed by atoms with Gasteiger partial charge in [0.2, 0.25) is 11.8 Å². The van der Waals surface area contributed by atoms with Crippen molar-refractivity contribution in [1.82, 2.24) is 10.2 Å². The fourth-order valence-electron chi connectivity index (χ4n) is 3.91. The topological polar surface area (TPSA) is 49.4 Å². The van der Waals surface area contributed by atoms with Crippen molar-refractivity contribution in [2.75, 3.05) is 19.6 Å². The van der Waals surface area contributed by atoms with E-state index in [-0.39, 0.29) is 17.7 Å². The second-order valence-electron chi connectivity index (χ2n) is 7.83. The van der Waals surface area contributed by atoms with Crippen molar-refractivity contribution >= 4 is 23.2 Å². The van der Waals surface area contributed by atoms with Gasteiger partial charge in [-0.15, -0.1) is 11.3 Å². The van der Waals surface area contributed by atoms with Gasteiger partial charge in [-0.3, -0.25) is 9.59 Å². The van der Waals surface area contributed by atoms with Crippen LogP contribution in [0.5, 0.6) is 0 Å². The summed E-state index contributed by atoms with van der Waals surface area (Å²) < 4.78 is 0. The van der Waals surface area contributed by atoms with Crippen molar-refractivity contribution in [3.05, 3.63) is 82.7 Å². The fourth-order valence-corrected chi connectivity index (χ4v) is 4.70. The number of aryl methyl sites for hydroxylation is 1. The van der Waals surface area contributed by atoms with E-state index in [1.165, 1.54) is 16.0 Å². The number of nitrogens with one attached hydrogen (secondary N) is 1. The van der Waals surface area contributed by atoms with Crippen molar-refractivity contribution in [3.63, 3.8) is 0 Å². The lowest BCUT2D eigenvalue weighted by Crippen LogP contribution is -2.38. The van der Waals surface area contributed by atoms with Gasteiger partial charge in [-0.1, -0.05) is 60.2 Å². The van der Waals surface area contributed by atoms with E-state index in [9.17, 15) is 9.59 Å². The summed E-state index contributed by atoms with van der Waals surface area (Å²) in [4.78, 5) is 28.7. The van der Waals surface area contributed by atoms with Gasteiger partial charge in [0, 0.05) is 24.5 Å². The number of hydrogen-bond donors (Lipinski definition) is 1. The molecular formula is C25H26N2O2S. The molecule has 1 aliphatic rings. The Balaban J connectivity index is 1.50. The first-order chi connectivity index (χ1) is 14.6. The van der Waals surface area contributed by atoms with Gasteiger partial charge in [-0.25, -0.2) is 0 Å². The third-order valence-electron chi connectivity index (χ3n) is 5.59. The summed E-state index contributed by atoms with van der Waals surface area (Å²) in [6, 6.07) is 20.5. The molecule has 5 heteroatoms. The largest absolute Gasteiger partial charge is 0.354 e. The lowest BCUT2D eigenvalue weighted by molar-refractivity contribution is -0.131. The third-order valence-corrected chi connectivity index (χ3v) is 6.49. The normalized spacial score (nSPS) is 16.8. The summed E-state index contributed by atoms with van der Waals surface area (Å²) in [7, 11) is 0. The molecule has 0 spiro atoms. The summed E-state index contributed by atoms with van der Waals surface area (Å²) in [5.74, 6) is -0.149. The number of nitrogens with zero attached hydrogens (tertiary/aromatic N) is 1. The average Bonchev–Trinajstić information content (AvgIpc) is 3.22. The molecule has 0 aliphatic carbocycles. The lowest BCUT2D eigenvalue weighted by Gasteiger charge is -2.24. The molecule has 154 valence electrons. The number of hydrogen-bond acceptors (Lipinski definition) is 3. The zero-order valence-electron chi connectivity index (χ0n) is 17.1. The number of amides is 2. The molecule has 1 aliphatic heterocycles. The highest BCUT2D eigenvalue weighted by Gasteiger charge is 2.28. The van der Waals surface area contributed by atoms with Crippen molar-refractivity contribution in [2.24, 2.45) is 5.92 Å². The quantitative estimate of drug-likeness (QED) is 0.679. The van der Waals surface area contributed by atoms with E-state index in [2.05, 4.69) is 28.9 Å². The van der Waals surface area contributed by atoms with E-state index >= 15 is 0 Å². The number of rotatable bonds is 5. The highest BCUT2D eigenvalue weighted by atomic mass is 32.1. The molecule has 2 amide bonds. The van der Waals surface area contributed by atoms with Gasteiger partial charge in [0.25, 0.3) is 0 Å². The SMILES string of the molecule is Cc1ccc(CC(=O)N2CCNC(=O)[C@H](Cc3ccccc3-c3cccs3)C2)cc1. The molecule has 4 nitrogen and oxygen atoms in total. The molecule has 3 aromatic rings. The monoisotopic (exact) mass is 418 g/mol. The van der Waals surface area contributed by atoms with Gasteiger partial charge >= 0.3 is 0 Å². The Morgan fingerprint density at radius 1 is 1.10 bits per heavy atom. The summed E-state index contributed by atoms with van der Waals surface area (Å²) in [6.07, 6.45) is 0.987. The molecule has 0 radical (unpaired) electrons. The maximum atomic E-state index is 13.0. The van der Waals surface area contributed by atoms with E-state index in [0.29, 0.717) is 32.5 Å². The van der Waals surface area contributed by atoms with E-state index in [0.717, 1.165) is 11.1 Å². The predicted octanol–water partition coefficient (Wildman–Crippen LogP) is 4.08. The Morgan fingerprint density at radius 3 is 2.67 bits per heavy atom. The molecule has 2 heterocycles. The summed E-state index contributed by atoms with van der Waals surface area (Å²) in [6.45, 7) is 3.55. The Hall–Kier alpha value is -2.92. The highest BCUT2D eigenvalue weighted by Crippen LogP contribution is 2.30. The van der Waals surface area contributed by atoms with E-state index in [1.807, 2.05) is 54.3 Å². The third kappa shape index (κ3) is 4.79. The zero-order chi connectivity index (χ0) is 20.9. The van der Waals surface area contributed by atoms with Crippen LogP contribution in [-0.4, -0.2) is 36.3 Å². The molecular weight excluding hydrogens is 392 g/mol. The van der Waals surface area contributed by atoms with Crippen LogP contribution in [0.4, 0.5) is 0 Å². The van der Waals surface area contributed by atoms with Crippen LogP contribution in [0.2, 0.25) is 0 Å². The molecule has 1 saturated heterocycles. The first-order valence-corrected chi connectivity index (χ1v) is 11.2. The second-order valence-corrected chi connectivity index (χ2v) is 8.78. The molecule has 1 atom stereocenters. The highest BCUT2D eigenvalue weighted by molar-refractivity contribution is 7.13. The predicted molar refractivity (Wildman–Crippen MR) is 121 cm³/mol. The molecule has 30 heavy (non-hydrogen) atoms. The molecule has 0 unspecified atom stereocenters. The Labute approximate surface area is 181 Å². The van der Waals surface area contributed by atoms with Crippen molar-refractivity contribution in [1.29, 1.82) is 0 Å². The zero-order valence-corrected chi connectivity index (χ0v) is 18.0. The summed E-state index contributed by atoms with van der Waals surface area (Å²) in [5, 5.41) is 5.06. The molecule has 1 aromatic heterocycles. The van der Waals surface area contributed by atoms with Crippen molar-refractivity contribution < 1.29 is 9.59 Å². The van der Waals surface area contributed by atoms with E-state index in [1.54, 1.807) is 11.3 Å². The second kappa shape index (κ2) is 9.26. The Kier molecular flexibility index (Phi) is 6.29. The van der Waals surface area contributed by atoms with Crippen LogP contribution < -0.4 is 5.32 Å². The van der Waals surface area contributed by atoms with Crippen LogP contribution in [0.3, 0.4) is 0 Å². The lowest BCUT2D eigenvalue weighted by atomic mass is 9.94. The van der Waals surface area contributed by atoms with Gasteiger partial charge in [0.15, 0.2) is 0 Å². The average molecular weight is 419 g/mol. The molecule has 4 rings (SSSR count). The smallest absolute Gasteiger partial charge is 0.227 e. The van der Waals surface area contributed by atoms with Crippen LogP contribution in [0, 0.1) is 12.8 Å². The van der Waals surface area contributed by atoms with E-state index < -0.39 is 0 Å². The molecule has 1 fully saturated rings. The Bertz CT molecular complexity index is 1010. The van der Waals surface area contributed by atoms with Crippen LogP contribution in [0.25, 0.3) is 10.4 Å². The molecule has 1 N–H and O–H groups in total. The van der Waals surface area contributed by atoms with Crippen molar-refractivity contribution in [2.45, 2.75) is 19.8 Å². The van der Waals surface area contributed by atoms with Gasteiger partial charge in [0.1, 0.15) is 0 Å². The van der Waals surface area contributed by atoms with Gasteiger partial charge in [0.05, 0.1) is 12.3 Å². The first-order valence-electron chi connectivity index (χ1n) is 10.3. The minimum atomic E-state index is -0.254. The number of carbonyl (C=O) groups is 2. The molecule has 2 aromatic carbocycles. The molecule has 0 saturated carbocycles. The minimum absolute atomic E-state index is 0.0293. The maximum absolute atomic E-state index is 13.0. The summed E-state index contributed by atoms with van der Waals surface area (Å²) in [5.41, 5.74) is 4.50. The van der Waals surface area contributed by atoms with Crippen LogP contribution in [0.15, 0.2) is 66.0 Å². The summed E-state index contributed by atoms with van der Waals surface area (Å²) >= 11 is 1.70. The number of thiophene rings is 1. The van der Waals surface area contributed by atoms with Crippen LogP contribution in [0.1, 0.15) is 16.7 Å². The molecule has 0 bridgehead atoms. The van der Waals surface area contributed by atoms with Gasteiger partial charge < -0.3 is 10.2 Å². The number of carbonyl (C=O) groups excluding carboxylic acids is 2. The number of benzene rings is 2. The maximum Gasteiger partial charge on any atom is 0.227 e. The van der Waals surface area contributed by atoms with Crippen LogP contribution in [-0.2, 0) is 22.4 Å². The van der Waals surface area contributed by atoms with Gasteiger partial charge in [-0.2, -0.15) is 0 Å². The fraction of sp³-hybridized carbons (Fsp3) is 0.280. The standard InChI is InChI=1S/C25H26N2O2S/c1-18-8-10-19(11-9-18)15-24(28)27-13-12-26-25(29)21(17-27)16-20-5-2-3-6-22(20)23-7-4-14-30-23/h2-11,14,21H,12-13,15-17H2,1H3,(H,26,29)/t21-/m1/s1. The minimum Gasteiger partial charge on any atom is -0.354 e. The van der Waals surface area contributed by atoms with Crippen molar-refractivity contribution in [3.8, 4) is 10.4 Å². The van der Waals surface area contributed by atoms with E-state index in [4.69, 9.17) is 0 Å². The van der Waals surface area contributed by atoms with Gasteiger partial charge in [-0.05, 0) is 41.5 Å². The Morgan fingerprint density at radius 2 is 1.90 bits per heavy atom. The first kappa shape index (κ1) is 20.4. The van der Waals surface area contributed by atoms with Crippen LogP contribution >= 0.6 is 11.3 Å².